The number of nitrogens with one attached hydrogen (secondary N) is 1. The van der Waals surface area contributed by atoms with Crippen LogP contribution >= 0.6 is 0 Å². The minimum atomic E-state index is -0.120. The monoisotopic (exact) mass is 289 g/mol. The van der Waals surface area contributed by atoms with Crippen molar-refractivity contribution in [3.63, 3.8) is 0 Å². The predicted molar refractivity (Wildman–Crippen MR) is 83.1 cm³/mol. The number of halogens is 1. The summed E-state index contributed by atoms with van der Waals surface area (Å²) in [7, 11) is 0. The third kappa shape index (κ3) is 2.92. The zero-order chi connectivity index (χ0) is 14.2. The summed E-state index contributed by atoms with van der Waals surface area (Å²) >= 11 is 0. The number of anilines is 1. The van der Waals surface area contributed by atoms with E-state index in [-0.39, 0.29) is 5.82 Å². The van der Waals surface area contributed by atoms with E-state index in [0.29, 0.717) is 12.1 Å². The maximum atomic E-state index is 13.6. The molecule has 1 aromatic carbocycles. The normalized spacial score (nSPS) is 26.1. The molecule has 2 aliphatic heterocycles. The second-order valence-electron chi connectivity index (χ2n) is 6.71. The molecule has 114 valence electrons. The van der Waals surface area contributed by atoms with Gasteiger partial charge in [-0.05, 0) is 56.0 Å². The molecule has 0 spiro atoms. The van der Waals surface area contributed by atoms with Crippen LogP contribution in [0.2, 0.25) is 0 Å². The van der Waals surface area contributed by atoms with E-state index in [0.717, 1.165) is 31.7 Å². The first-order valence-corrected chi connectivity index (χ1v) is 8.30. The predicted octanol–water partition coefficient (Wildman–Crippen LogP) is 2.36. The van der Waals surface area contributed by atoms with Crippen molar-refractivity contribution in [1.82, 2.24) is 10.2 Å². The van der Waals surface area contributed by atoms with E-state index in [4.69, 9.17) is 0 Å². The van der Waals surface area contributed by atoms with Gasteiger partial charge in [0, 0.05) is 44.0 Å². The Morgan fingerprint density at radius 3 is 2.90 bits per heavy atom. The van der Waals surface area contributed by atoms with Crippen LogP contribution in [0.1, 0.15) is 31.2 Å². The Morgan fingerprint density at radius 2 is 2.05 bits per heavy atom. The zero-order valence-corrected chi connectivity index (χ0v) is 12.5. The number of hydrogen-bond donors (Lipinski definition) is 1. The van der Waals surface area contributed by atoms with E-state index in [1.54, 1.807) is 12.1 Å². The average Bonchev–Trinajstić information content (AvgIpc) is 3.20. The van der Waals surface area contributed by atoms with E-state index >= 15 is 0 Å². The molecule has 4 heteroatoms. The molecule has 0 bridgehead atoms. The molecule has 4 rings (SSSR count). The average molecular weight is 289 g/mol. The van der Waals surface area contributed by atoms with Crippen molar-refractivity contribution in [2.45, 2.75) is 44.3 Å². The maximum absolute atomic E-state index is 13.6. The van der Waals surface area contributed by atoms with Gasteiger partial charge in [-0.15, -0.1) is 0 Å². The van der Waals surface area contributed by atoms with Crippen molar-refractivity contribution in [3.05, 3.63) is 29.6 Å². The molecule has 0 radical (unpaired) electrons. The Morgan fingerprint density at radius 1 is 1.14 bits per heavy atom. The quantitative estimate of drug-likeness (QED) is 0.918. The molecule has 0 amide bonds. The van der Waals surface area contributed by atoms with Crippen molar-refractivity contribution < 1.29 is 4.39 Å². The summed E-state index contributed by atoms with van der Waals surface area (Å²) < 4.78 is 13.6. The highest BCUT2D eigenvalue weighted by molar-refractivity contribution is 5.54. The second-order valence-corrected chi connectivity index (χ2v) is 6.71. The van der Waals surface area contributed by atoms with Gasteiger partial charge in [0.25, 0.3) is 0 Å². The molecule has 1 N–H and O–H groups in total. The molecule has 21 heavy (non-hydrogen) atoms. The first kappa shape index (κ1) is 13.5. The van der Waals surface area contributed by atoms with Crippen LogP contribution in [0.15, 0.2) is 18.2 Å². The van der Waals surface area contributed by atoms with E-state index in [1.807, 2.05) is 6.07 Å². The maximum Gasteiger partial charge on any atom is 0.123 e. The van der Waals surface area contributed by atoms with Crippen LogP contribution in [-0.2, 0) is 6.54 Å². The molecule has 3 nitrogen and oxygen atoms in total. The van der Waals surface area contributed by atoms with E-state index in [9.17, 15) is 4.39 Å². The van der Waals surface area contributed by atoms with Crippen molar-refractivity contribution in [1.29, 1.82) is 0 Å². The molecule has 0 aromatic heterocycles. The minimum absolute atomic E-state index is 0.120. The molecule has 1 aromatic rings. The number of benzene rings is 1. The fourth-order valence-corrected chi connectivity index (χ4v) is 3.76. The van der Waals surface area contributed by atoms with Crippen LogP contribution in [0, 0.1) is 5.82 Å². The van der Waals surface area contributed by atoms with Crippen molar-refractivity contribution in [2.75, 3.05) is 31.1 Å². The van der Waals surface area contributed by atoms with Gasteiger partial charge in [-0.1, -0.05) is 0 Å². The third-order valence-electron chi connectivity index (χ3n) is 5.13. The fourth-order valence-electron chi connectivity index (χ4n) is 3.76. The van der Waals surface area contributed by atoms with E-state index in [1.165, 1.54) is 37.9 Å². The summed E-state index contributed by atoms with van der Waals surface area (Å²) in [6, 6.07) is 6.66. The van der Waals surface area contributed by atoms with Crippen LogP contribution in [0.5, 0.6) is 0 Å². The number of rotatable bonds is 4. The Bertz CT molecular complexity index is 515. The molecule has 1 atom stereocenters. The van der Waals surface area contributed by atoms with Gasteiger partial charge in [0.15, 0.2) is 0 Å². The number of nitrogens with zero attached hydrogens (tertiary/aromatic N) is 2. The van der Waals surface area contributed by atoms with Crippen molar-refractivity contribution in [3.8, 4) is 0 Å². The Hall–Kier alpha value is -1.13. The lowest BCUT2D eigenvalue weighted by molar-refractivity contribution is 0.231. The third-order valence-corrected chi connectivity index (χ3v) is 5.13. The number of piperazine rings is 1. The zero-order valence-electron chi connectivity index (χ0n) is 12.5. The van der Waals surface area contributed by atoms with Crippen LogP contribution in [0.3, 0.4) is 0 Å². The van der Waals surface area contributed by atoms with Crippen molar-refractivity contribution in [2.24, 2.45) is 0 Å². The molecule has 3 fully saturated rings. The van der Waals surface area contributed by atoms with Crippen LogP contribution in [0.25, 0.3) is 0 Å². The van der Waals surface area contributed by atoms with Gasteiger partial charge in [-0.2, -0.15) is 0 Å². The minimum Gasteiger partial charge on any atom is -0.368 e. The molecular weight excluding hydrogens is 265 g/mol. The standard InChI is InChI=1S/C17H24FN3/c18-14-3-6-17(13(10-14)11-19-15-4-5-15)21-9-8-20-7-1-2-16(20)12-21/h3,6,10,15-16,19H,1-2,4-5,7-9,11-12H2. The molecule has 2 heterocycles. The molecular formula is C17H24FN3. The molecule has 1 aliphatic carbocycles. The van der Waals surface area contributed by atoms with Crippen LogP contribution in [-0.4, -0.2) is 43.2 Å². The molecule has 1 unspecified atom stereocenters. The number of fused-ring (bicyclic) bond motifs is 1. The largest absolute Gasteiger partial charge is 0.368 e. The van der Waals surface area contributed by atoms with Gasteiger partial charge in [0.05, 0.1) is 0 Å². The van der Waals surface area contributed by atoms with E-state index < -0.39 is 0 Å². The van der Waals surface area contributed by atoms with Gasteiger partial charge in [0.2, 0.25) is 0 Å². The van der Waals surface area contributed by atoms with Gasteiger partial charge >= 0.3 is 0 Å². The van der Waals surface area contributed by atoms with Gasteiger partial charge in [-0.3, -0.25) is 4.90 Å². The number of hydrogen-bond acceptors (Lipinski definition) is 3. The van der Waals surface area contributed by atoms with Gasteiger partial charge in [-0.25, -0.2) is 4.39 Å². The second kappa shape index (κ2) is 5.58. The highest BCUT2D eigenvalue weighted by Crippen LogP contribution is 2.29. The fraction of sp³-hybridized carbons (Fsp3) is 0.647. The Kier molecular flexibility index (Phi) is 3.59. The van der Waals surface area contributed by atoms with Gasteiger partial charge < -0.3 is 10.2 Å². The van der Waals surface area contributed by atoms with Crippen LogP contribution < -0.4 is 10.2 Å². The highest BCUT2D eigenvalue weighted by atomic mass is 19.1. The molecule has 2 saturated heterocycles. The summed E-state index contributed by atoms with van der Waals surface area (Å²) in [5, 5.41) is 3.52. The smallest absolute Gasteiger partial charge is 0.123 e. The summed E-state index contributed by atoms with van der Waals surface area (Å²) in [6.07, 6.45) is 5.18. The summed E-state index contributed by atoms with van der Waals surface area (Å²) in [5.74, 6) is -0.120. The SMILES string of the molecule is Fc1ccc(N2CCN3CCCC3C2)c(CNC2CC2)c1. The summed E-state index contributed by atoms with van der Waals surface area (Å²) in [6.45, 7) is 5.37. The molecule has 3 aliphatic rings. The summed E-state index contributed by atoms with van der Waals surface area (Å²) in [4.78, 5) is 5.08. The van der Waals surface area contributed by atoms with E-state index in [2.05, 4.69) is 15.1 Å². The first-order chi connectivity index (χ1) is 10.3. The Balaban J connectivity index is 1.52. The van der Waals surface area contributed by atoms with Crippen LogP contribution in [0.4, 0.5) is 10.1 Å². The van der Waals surface area contributed by atoms with Gasteiger partial charge in [0.1, 0.15) is 5.82 Å². The first-order valence-electron chi connectivity index (χ1n) is 8.30. The van der Waals surface area contributed by atoms with Crippen molar-refractivity contribution >= 4 is 5.69 Å². The lowest BCUT2D eigenvalue weighted by atomic mass is 10.1. The topological polar surface area (TPSA) is 18.5 Å². The Labute approximate surface area is 126 Å². The summed E-state index contributed by atoms with van der Waals surface area (Å²) in [5.41, 5.74) is 2.35. The lowest BCUT2D eigenvalue weighted by Gasteiger charge is -2.39. The highest BCUT2D eigenvalue weighted by Gasteiger charge is 2.31. The lowest BCUT2D eigenvalue weighted by Crippen LogP contribution is -2.50. The molecule has 1 saturated carbocycles.